The molecule has 0 radical (unpaired) electrons. The Hall–Kier alpha value is -0.860. The molecule has 1 amide bonds. The van der Waals surface area contributed by atoms with Gasteiger partial charge >= 0.3 is 0 Å². The second-order valence-electron chi connectivity index (χ2n) is 4.07. The minimum Gasteiger partial charge on any atom is -0.356 e. The Balaban J connectivity index is 1.91. The van der Waals surface area contributed by atoms with Gasteiger partial charge < -0.3 is 5.32 Å². The van der Waals surface area contributed by atoms with Crippen LogP contribution in [0.4, 0.5) is 0 Å². The van der Waals surface area contributed by atoms with E-state index in [1.165, 1.54) is 6.42 Å². The zero-order valence-electron chi connectivity index (χ0n) is 7.71. The van der Waals surface area contributed by atoms with Gasteiger partial charge in [0, 0.05) is 24.8 Å². The highest BCUT2D eigenvalue weighted by Gasteiger charge is 2.33. The molecule has 72 valence electrons. The molecule has 0 aromatic carbocycles. The van der Waals surface area contributed by atoms with Crippen LogP contribution in [0.3, 0.4) is 0 Å². The van der Waals surface area contributed by atoms with Gasteiger partial charge in [-0.1, -0.05) is 6.42 Å². The van der Waals surface area contributed by atoms with E-state index in [2.05, 4.69) is 5.32 Å². The van der Waals surface area contributed by atoms with Crippen LogP contribution in [0.2, 0.25) is 0 Å². The molecule has 1 heterocycles. The number of piperidine rings is 1. The van der Waals surface area contributed by atoms with Crippen LogP contribution in [0, 0.1) is 11.8 Å². The Morgan fingerprint density at radius 2 is 2.00 bits per heavy atom. The fourth-order valence-electron chi connectivity index (χ4n) is 2.05. The lowest BCUT2D eigenvalue weighted by Crippen LogP contribution is -2.39. The first-order valence-corrected chi connectivity index (χ1v) is 5.08. The van der Waals surface area contributed by atoms with E-state index < -0.39 is 0 Å². The number of hydrogen-bond acceptors (Lipinski definition) is 2. The molecule has 0 aromatic heterocycles. The highest BCUT2D eigenvalue weighted by Crippen LogP contribution is 2.31. The average molecular weight is 181 g/mol. The maximum absolute atomic E-state index is 11.7. The number of nitrogens with one attached hydrogen (secondary N) is 1. The second kappa shape index (κ2) is 3.48. The standard InChI is InChI=1S/C10H15NO2/c12-9-6-8(4-5-11-9)10(13)7-2-1-3-7/h7-8H,1-6H2,(H,11,12). The van der Waals surface area contributed by atoms with Gasteiger partial charge in [0.25, 0.3) is 0 Å². The largest absolute Gasteiger partial charge is 0.356 e. The summed E-state index contributed by atoms with van der Waals surface area (Å²) in [6.45, 7) is 0.682. The molecule has 1 N–H and O–H groups in total. The van der Waals surface area contributed by atoms with E-state index in [0.717, 1.165) is 19.3 Å². The summed E-state index contributed by atoms with van der Waals surface area (Å²) in [5.41, 5.74) is 0. The monoisotopic (exact) mass is 181 g/mol. The highest BCUT2D eigenvalue weighted by atomic mass is 16.2. The van der Waals surface area contributed by atoms with Crippen LogP contribution in [-0.2, 0) is 9.59 Å². The third-order valence-corrected chi connectivity index (χ3v) is 3.16. The van der Waals surface area contributed by atoms with E-state index in [4.69, 9.17) is 0 Å². The number of carbonyl (C=O) groups is 2. The maximum Gasteiger partial charge on any atom is 0.220 e. The van der Waals surface area contributed by atoms with Crippen molar-refractivity contribution in [3.63, 3.8) is 0 Å². The first-order valence-electron chi connectivity index (χ1n) is 5.08. The molecule has 1 aliphatic carbocycles. The lowest BCUT2D eigenvalue weighted by Gasteiger charge is -2.29. The summed E-state index contributed by atoms with van der Waals surface area (Å²) in [6.07, 6.45) is 4.57. The third-order valence-electron chi connectivity index (χ3n) is 3.16. The number of rotatable bonds is 2. The summed E-state index contributed by atoms with van der Waals surface area (Å²) >= 11 is 0. The summed E-state index contributed by atoms with van der Waals surface area (Å²) in [5, 5.41) is 2.75. The molecule has 2 aliphatic rings. The van der Waals surface area contributed by atoms with Crippen LogP contribution in [0.15, 0.2) is 0 Å². The molecule has 3 nitrogen and oxygen atoms in total. The van der Waals surface area contributed by atoms with Crippen molar-refractivity contribution in [3.8, 4) is 0 Å². The molecule has 3 heteroatoms. The predicted octanol–water partition coefficient (Wildman–Crippen LogP) is 0.882. The molecule has 1 saturated carbocycles. The Morgan fingerprint density at radius 1 is 1.23 bits per heavy atom. The van der Waals surface area contributed by atoms with E-state index in [1.807, 2.05) is 0 Å². The second-order valence-corrected chi connectivity index (χ2v) is 4.07. The highest BCUT2D eigenvalue weighted by molar-refractivity contribution is 5.89. The molecule has 1 saturated heterocycles. The van der Waals surface area contributed by atoms with Gasteiger partial charge in [-0.05, 0) is 19.3 Å². The van der Waals surface area contributed by atoms with Crippen LogP contribution < -0.4 is 5.32 Å². The van der Waals surface area contributed by atoms with Crippen molar-refractivity contribution >= 4 is 11.7 Å². The smallest absolute Gasteiger partial charge is 0.220 e. The van der Waals surface area contributed by atoms with E-state index >= 15 is 0 Å². The van der Waals surface area contributed by atoms with Crippen LogP contribution in [0.25, 0.3) is 0 Å². The molecule has 2 fully saturated rings. The van der Waals surface area contributed by atoms with Crippen molar-refractivity contribution in [1.82, 2.24) is 5.32 Å². The van der Waals surface area contributed by atoms with Gasteiger partial charge in [0.15, 0.2) is 0 Å². The van der Waals surface area contributed by atoms with Crippen LogP contribution in [0.1, 0.15) is 32.1 Å². The fourth-order valence-corrected chi connectivity index (χ4v) is 2.05. The van der Waals surface area contributed by atoms with Crippen LogP contribution in [-0.4, -0.2) is 18.2 Å². The normalized spacial score (nSPS) is 29.2. The zero-order chi connectivity index (χ0) is 9.26. The van der Waals surface area contributed by atoms with Gasteiger partial charge in [-0.25, -0.2) is 0 Å². The molecule has 0 bridgehead atoms. The third kappa shape index (κ3) is 1.74. The number of hydrogen-bond donors (Lipinski definition) is 1. The van der Waals surface area contributed by atoms with Gasteiger partial charge in [-0.15, -0.1) is 0 Å². The van der Waals surface area contributed by atoms with E-state index in [0.29, 0.717) is 18.7 Å². The molecular formula is C10H15NO2. The minimum absolute atomic E-state index is 0.0269. The molecular weight excluding hydrogens is 166 g/mol. The first kappa shape index (κ1) is 8.73. The summed E-state index contributed by atoms with van der Waals surface area (Å²) in [6, 6.07) is 0. The number of amides is 1. The molecule has 0 aromatic rings. The van der Waals surface area contributed by atoms with E-state index in [9.17, 15) is 9.59 Å². The predicted molar refractivity (Wildman–Crippen MR) is 48.1 cm³/mol. The quantitative estimate of drug-likeness (QED) is 0.687. The van der Waals surface area contributed by atoms with Crippen molar-refractivity contribution in [2.75, 3.05) is 6.54 Å². The first-order chi connectivity index (χ1) is 6.27. The molecule has 2 rings (SSSR count). The van der Waals surface area contributed by atoms with E-state index in [1.54, 1.807) is 0 Å². The Kier molecular flexibility index (Phi) is 2.34. The molecule has 13 heavy (non-hydrogen) atoms. The van der Waals surface area contributed by atoms with Gasteiger partial charge in [0.05, 0.1) is 0 Å². The maximum atomic E-state index is 11.7. The van der Waals surface area contributed by atoms with Gasteiger partial charge in [-0.3, -0.25) is 9.59 Å². The number of Topliss-reactive ketones (excluding diaryl/α,β-unsaturated/α-hetero) is 1. The van der Waals surface area contributed by atoms with Crippen LogP contribution in [0.5, 0.6) is 0 Å². The molecule has 1 atom stereocenters. The van der Waals surface area contributed by atoms with Crippen molar-refractivity contribution in [2.45, 2.75) is 32.1 Å². The number of carbonyl (C=O) groups excluding carboxylic acids is 2. The Bertz CT molecular complexity index is 233. The summed E-state index contributed by atoms with van der Waals surface area (Å²) in [5.74, 6) is 0.708. The zero-order valence-corrected chi connectivity index (χ0v) is 7.71. The Morgan fingerprint density at radius 3 is 2.54 bits per heavy atom. The topological polar surface area (TPSA) is 46.2 Å². The lowest BCUT2D eigenvalue weighted by atomic mass is 9.75. The SMILES string of the molecule is O=C1CC(C(=O)C2CCC2)CCN1. The number of ketones is 1. The fraction of sp³-hybridized carbons (Fsp3) is 0.800. The van der Waals surface area contributed by atoms with E-state index in [-0.39, 0.29) is 17.7 Å². The summed E-state index contributed by atoms with van der Waals surface area (Å²) in [4.78, 5) is 22.8. The van der Waals surface area contributed by atoms with Crippen molar-refractivity contribution < 1.29 is 9.59 Å². The summed E-state index contributed by atoms with van der Waals surface area (Å²) < 4.78 is 0. The lowest BCUT2D eigenvalue weighted by molar-refractivity contribution is -0.135. The Labute approximate surface area is 77.9 Å². The van der Waals surface area contributed by atoms with Gasteiger partial charge in [-0.2, -0.15) is 0 Å². The van der Waals surface area contributed by atoms with Gasteiger partial charge in [0.2, 0.25) is 5.91 Å². The summed E-state index contributed by atoms with van der Waals surface area (Å²) in [7, 11) is 0. The average Bonchev–Trinajstić information content (AvgIpc) is 2.01. The van der Waals surface area contributed by atoms with Gasteiger partial charge in [0.1, 0.15) is 5.78 Å². The molecule has 1 unspecified atom stereocenters. The van der Waals surface area contributed by atoms with Crippen LogP contribution >= 0.6 is 0 Å². The molecule has 0 spiro atoms. The minimum atomic E-state index is 0.0269. The molecule has 1 aliphatic heterocycles. The van der Waals surface area contributed by atoms with Crippen molar-refractivity contribution in [1.29, 1.82) is 0 Å². The van der Waals surface area contributed by atoms with Crippen molar-refractivity contribution in [3.05, 3.63) is 0 Å². The van der Waals surface area contributed by atoms with Crippen molar-refractivity contribution in [2.24, 2.45) is 11.8 Å².